The second kappa shape index (κ2) is 15.9. The number of aromatic nitrogens is 4. The molecule has 5 N–H and O–H groups in total. The van der Waals surface area contributed by atoms with Crippen LogP contribution in [0.1, 0.15) is 106 Å². The third-order valence-electron chi connectivity index (χ3n) is 14.7. The van der Waals surface area contributed by atoms with Gasteiger partial charge in [-0.1, -0.05) is 58.0 Å². The molecule has 15 heteroatoms. The Hall–Kier alpha value is -6.06. The summed E-state index contributed by atoms with van der Waals surface area (Å²) in [6.07, 6.45) is 5.54. The number of H-pyrrole nitrogens is 2. The monoisotopic (exact) mass is 868 g/mol. The van der Waals surface area contributed by atoms with Gasteiger partial charge in [-0.2, -0.15) is 0 Å². The fourth-order valence-corrected chi connectivity index (χ4v) is 11.1. The normalized spacial score (nSPS) is 23.1. The van der Waals surface area contributed by atoms with Crippen LogP contribution in [0.15, 0.2) is 60.8 Å². The van der Waals surface area contributed by atoms with Gasteiger partial charge in [0.25, 0.3) is 0 Å². The number of aromatic amines is 2. The molecule has 10 rings (SSSR count). The number of ketones is 1. The molecule has 5 aliphatic rings. The van der Waals surface area contributed by atoms with Gasteiger partial charge in [0.1, 0.15) is 23.9 Å². The van der Waals surface area contributed by atoms with E-state index in [1.54, 1.807) is 6.20 Å². The predicted octanol–water partition coefficient (Wildman–Crippen LogP) is 7.49. The van der Waals surface area contributed by atoms with Crippen molar-refractivity contribution in [2.45, 2.75) is 103 Å². The number of piperidine rings is 1. The van der Waals surface area contributed by atoms with E-state index in [1.807, 2.05) is 81.1 Å². The van der Waals surface area contributed by atoms with E-state index in [-0.39, 0.29) is 53.0 Å². The second-order valence-electron chi connectivity index (χ2n) is 19.4. The first-order chi connectivity index (χ1) is 30.8. The molecular formula is C49H56N8O7. The van der Waals surface area contributed by atoms with Crippen LogP contribution >= 0.6 is 0 Å². The Morgan fingerprint density at radius 2 is 1.50 bits per heavy atom. The molecule has 4 fully saturated rings. The lowest BCUT2D eigenvalue weighted by atomic mass is 9.95. The number of benzene rings is 3. The van der Waals surface area contributed by atoms with Crippen molar-refractivity contribution in [1.29, 1.82) is 0 Å². The van der Waals surface area contributed by atoms with Crippen molar-refractivity contribution in [3.8, 4) is 33.5 Å². The maximum Gasteiger partial charge on any atom is 0.407 e. The van der Waals surface area contributed by atoms with Gasteiger partial charge in [0.15, 0.2) is 5.78 Å². The number of aliphatic hydroxyl groups excluding tert-OH is 1. The number of nitrogens with zero attached hydrogens (tertiary/aromatic N) is 4. The average Bonchev–Trinajstić information content (AvgIpc) is 3.96. The van der Waals surface area contributed by atoms with Crippen LogP contribution in [-0.4, -0.2) is 104 Å². The Balaban J connectivity index is 0.880. The van der Waals surface area contributed by atoms with Gasteiger partial charge in [0.05, 0.1) is 55.3 Å². The highest BCUT2D eigenvalue weighted by Crippen LogP contribution is 2.59. The van der Waals surface area contributed by atoms with E-state index in [0.717, 1.165) is 94.7 Å². The molecule has 2 bridgehead atoms. The van der Waals surface area contributed by atoms with Crippen molar-refractivity contribution in [3.63, 3.8) is 0 Å². The standard InChI is InChI=1S/C49H56N8O7/c1-24(2)39(54-47(61)63-5)45(59)56-23-49(15-16-49)21-38(56)43-50-22-37(53-43)28-9-13-32-31-12-8-26(18-33(31)42(58)34(32)19-28)27-10-14-35-36(20-27)52-44(51-35)41-29-7-11-30(17-29)57(41)46(60)40(25(3)4)55-48(62)64-6/h8-10,12-14,18-20,22,24-25,29-30,38-41,45,59H,7,11,15-17,21,23H2,1-6H3,(H,50,53)(H,51,52)(H,54,61)(H,55,62)/t29-,30+,38-,39+,40-,41-,45?/m0/s1. The summed E-state index contributed by atoms with van der Waals surface area (Å²) >= 11 is 0. The number of likely N-dealkylation sites (tertiary alicyclic amines) is 2. The predicted molar refractivity (Wildman–Crippen MR) is 239 cm³/mol. The van der Waals surface area contributed by atoms with E-state index in [0.29, 0.717) is 17.7 Å². The van der Waals surface area contributed by atoms with E-state index >= 15 is 0 Å². The lowest BCUT2D eigenvalue weighted by Crippen LogP contribution is -2.54. The third-order valence-corrected chi connectivity index (χ3v) is 14.7. The molecule has 0 radical (unpaired) electrons. The van der Waals surface area contributed by atoms with Crippen LogP contribution in [0, 0.1) is 23.2 Å². The van der Waals surface area contributed by atoms with Crippen molar-refractivity contribution in [3.05, 3.63) is 83.6 Å². The Kier molecular flexibility index (Phi) is 10.4. The molecule has 7 atom stereocenters. The highest BCUT2D eigenvalue weighted by molar-refractivity contribution is 6.22. The fraction of sp³-hybridized carbons (Fsp3) is 0.469. The summed E-state index contributed by atoms with van der Waals surface area (Å²) in [5.41, 5.74) is 8.26. The van der Waals surface area contributed by atoms with Crippen LogP contribution in [0.5, 0.6) is 0 Å². The number of rotatable bonds is 11. The highest BCUT2D eigenvalue weighted by Gasteiger charge is 2.55. The number of carbonyl (C=O) groups is 4. The average molecular weight is 869 g/mol. The van der Waals surface area contributed by atoms with Crippen LogP contribution in [0.25, 0.3) is 44.5 Å². The highest BCUT2D eigenvalue weighted by atomic mass is 16.5. The zero-order valence-electron chi connectivity index (χ0n) is 37.1. The van der Waals surface area contributed by atoms with Gasteiger partial charge in [-0.05, 0) is 108 Å². The number of hydrogen-bond acceptors (Lipinski definition) is 10. The molecule has 3 aliphatic carbocycles. The van der Waals surface area contributed by atoms with Gasteiger partial charge in [0.2, 0.25) is 5.91 Å². The maximum absolute atomic E-state index is 14.2. The molecular weight excluding hydrogens is 813 g/mol. The fourth-order valence-electron chi connectivity index (χ4n) is 11.1. The molecule has 2 saturated carbocycles. The van der Waals surface area contributed by atoms with Crippen molar-refractivity contribution in [2.24, 2.45) is 23.2 Å². The Labute approximate surface area is 371 Å². The first kappa shape index (κ1) is 41.9. The number of hydrogen-bond donors (Lipinski definition) is 5. The topological polar surface area (TPSA) is 195 Å². The summed E-state index contributed by atoms with van der Waals surface area (Å²) in [6.45, 7) is 8.49. The van der Waals surface area contributed by atoms with Gasteiger partial charge in [-0.3, -0.25) is 14.5 Å². The number of ether oxygens (including phenoxy) is 2. The van der Waals surface area contributed by atoms with Crippen molar-refractivity contribution in [2.75, 3.05) is 20.8 Å². The van der Waals surface area contributed by atoms with Gasteiger partial charge in [-0.15, -0.1) is 0 Å². The molecule has 5 aromatic rings. The molecule has 3 aromatic carbocycles. The lowest BCUT2D eigenvalue weighted by molar-refractivity contribution is -0.139. The van der Waals surface area contributed by atoms with Crippen LogP contribution in [0.4, 0.5) is 9.59 Å². The van der Waals surface area contributed by atoms with E-state index in [4.69, 9.17) is 19.4 Å². The summed E-state index contributed by atoms with van der Waals surface area (Å²) in [7, 11) is 2.62. The van der Waals surface area contributed by atoms with Crippen molar-refractivity contribution >= 4 is 34.9 Å². The van der Waals surface area contributed by atoms with E-state index < -0.39 is 30.5 Å². The number of imidazole rings is 2. The van der Waals surface area contributed by atoms with E-state index in [1.165, 1.54) is 14.2 Å². The number of nitrogens with one attached hydrogen (secondary N) is 4. The lowest BCUT2D eigenvalue weighted by Gasteiger charge is -2.37. The van der Waals surface area contributed by atoms with Crippen LogP contribution in [0.3, 0.4) is 0 Å². The summed E-state index contributed by atoms with van der Waals surface area (Å²) in [5.74, 6) is 1.43. The first-order valence-electron chi connectivity index (χ1n) is 22.6. The number of aliphatic hydroxyl groups is 1. The summed E-state index contributed by atoms with van der Waals surface area (Å²) in [4.78, 5) is 73.6. The number of alkyl carbamates (subject to hydrolysis) is 2. The van der Waals surface area contributed by atoms with Crippen LogP contribution in [0.2, 0.25) is 0 Å². The Bertz CT molecular complexity index is 2680. The quantitative estimate of drug-likeness (QED) is 0.0871. The molecule has 64 heavy (non-hydrogen) atoms. The molecule has 2 saturated heterocycles. The molecule has 2 aliphatic heterocycles. The van der Waals surface area contributed by atoms with Crippen molar-refractivity contribution in [1.82, 2.24) is 40.4 Å². The van der Waals surface area contributed by atoms with E-state index in [2.05, 4.69) is 31.6 Å². The summed E-state index contributed by atoms with van der Waals surface area (Å²) in [5, 5.41) is 17.3. The second-order valence-corrected chi connectivity index (χ2v) is 19.4. The minimum Gasteiger partial charge on any atom is -0.453 e. The first-order valence-corrected chi connectivity index (χ1v) is 22.6. The minimum absolute atomic E-state index is 0.0401. The van der Waals surface area contributed by atoms with E-state index in [9.17, 15) is 24.3 Å². The molecule has 15 nitrogen and oxygen atoms in total. The SMILES string of the molecule is COC(=O)N[C@H](C(C)C)C(O)N1CC2(CC2)C[C@H]1c1ncc(-c2ccc3c(c2)C(=O)c2cc(-c4ccc5nc([C@@H]6[C@H]7CC[C@H](C7)N6C(=O)[C@@H](NC(=O)OC)C(C)C)[nH]c5c4)ccc2-3)[nH]1. The Morgan fingerprint density at radius 3 is 2.19 bits per heavy atom. The maximum atomic E-state index is 14.2. The molecule has 4 heterocycles. The summed E-state index contributed by atoms with van der Waals surface area (Å²) in [6, 6.07) is 16.5. The number of methoxy groups -OCH3 is 2. The smallest absolute Gasteiger partial charge is 0.407 e. The third kappa shape index (κ3) is 7.13. The molecule has 3 amide bonds. The zero-order valence-corrected chi connectivity index (χ0v) is 37.1. The number of amides is 3. The number of carbonyl (C=O) groups excluding carboxylic acids is 4. The van der Waals surface area contributed by atoms with Crippen LogP contribution in [-0.2, 0) is 14.3 Å². The molecule has 334 valence electrons. The Morgan fingerprint density at radius 1 is 0.828 bits per heavy atom. The van der Waals surface area contributed by atoms with Gasteiger partial charge in [-0.25, -0.2) is 19.6 Å². The van der Waals surface area contributed by atoms with Gasteiger partial charge < -0.3 is 40.1 Å². The molecule has 1 unspecified atom stereocenters. The largest absolute Gasteiger partial charge is 0.453 e. The number of fused-ring (bicyclic) bond motifs is 6. The van der Waals surface area contributed by atoms with Crippen LogP contribution < -0.4 is 10.6 Å². The van der Waals surface area contributed by atoms with Gasteiger partial charge in [0, 0.05) is 29.3 Å². The molecule has 2 aromatic heterocycles. The zero-order chi connectivity index (χ0) is 44.8. The minimum atomic E-state index is -0.936. The van der Waals surface area contributed by atoms with Crippen molar-refractivity contribution < 1.29 is 33.8 Å². The summed E-state index contributed by atoms with van der Waals surface area (Å²) < 4.78 is 9.71. The van der Waals surface area contributed by atoms with Gasteiger partial charge >= 0.3 is 12.2 Å². The molecule has 1 spiro atoms.